The minimum atomic E-state index is 0.476. The van der Waals surface area contributed by atoms with E-state index in [9.17, 15) is 0 Å². The number of hydrogen-bond donors (Lipinski definition) is 1. The van der Waals surface area contributed by atoms with Crippen LogP contribution in [0.15, 0.2) is 17.0 Å². The molecule has 0 radical (unpaired) electrons. The van der Waals surface area contributed by atoms with Gasteiger partial charge in [0, 0.05) is 15.8 Å². The zero-order valence-corrected chi connectivity index (χ0v) is 11.4. The molecule has 1 atom stereocenters. The van der Waals surface area contributed by atoms with E-state index in [1.807, 2.05) is 0 Å². The van der Waals surface area contributed by atoms with E-state index < -0.39 is 0 Å². The first kappa shape index (κ1) is 13.0. The Hall–Kier alpha value is -0.0500. The van der Waals surface area contributed by atoms with E-state index in [4.69, 9.17) is 28.9 Å². The highest BCUT2D eigenvalue weighted by atomic mass is 35.5. The molecule has 1 nitrogen and oxygen atoms in total. The van der Waals surface area contributed by atoms with Crippen LogP contribution in [0, 0.1) is 5.92 Å². The Morgan fingerprint density at radius 3 is 2.00 bits per heavy atom. The van der Waals surface area contributed by atoms with Gasteiger partial charge in [-0.1, -0.05) is 44.0 Å². The standard InChI is InChI=1S/C11H15Cl2NS/c1-6(2)7(3)15-11-9(12)4-8(14)5-10(11)13/h4-7H,14H2,1-3H3. The molecule has 1 aromatic rings. The monoisotopic (exact) mass is 263 g/mol. The van der Waals surface area contributed by atoms with Gasteiger partial charge in [0.15, 0.2) is 0 Å². The molecular formula is C11H15Cl2NS. The number of nitrogen functional groups attached to an aromatic ring is 1. The van der Waals surface area contributed by atoms with Gasteiger partial charge >= 0.3 is 0 Å². The van der Waals surface area contributed by atoms with Crippen molar-refractivity contribution in [1.82, 2.24) is 0 Å². The summed E-state index contributed by atoms with van der Waals surface area (Å²) in [5.41, 5.74) is 6.24. The van der Waals surface area contributed by atoms with E-state index in [2.05, 4.69) is 20.8 Å². The van der Waals surface area contributed by atoms with Crippen LogP contribution >= 0.6 is 35.0 Å². The molecule has 1 aromatic carbocycles. The average molecular weight is 264 g/mol. The number of halogens is 2. The maximum Gasteiger partial charge on any atom is 0.0577 e. The highest BCUT2D eigenvalue weighted by Crippen LogP contribution is 2.39. The van der Waals surface area contributed by atoms with Gasteiger partial charge in [-0.2, -0.15) is 0 Å². The van der Waals surface area contributed by atoms with Crippen molar-refractivity contribution in [2.24, 2.45) is 5.92 Å². The Morgan fingerprint density at radius 1 is 1.13 bits per heavy atom. The first-order chi connectivity index (χ1) is 6.91. The summed E-state index contributed by atoms with van der Waals surface area (Å²) in [6.45, 7) is 6.52. The lowest BCUT2D eigenvalue weighted by molar-refractivity contribution is 0.642. The Bertz CT molecular complexity index is 329. The Balaban J connectivity index is 2.95. The van der Waals surface area contributed by atoms with E-state index in [1.54, 1.807) is 23.9 Å². The van der Waals surface area contributed by atoms with Crippen LogP contribution in [-0.4, -0.2) is 5.25 Å². The van der Waals surface area contributed by atoms with Gasteiger partial charge in [0.25, 0.3) is 0 Å². The number of hydrogen-bond acceptors (Lipinski definition) is 2. The molecule has 0 aliphatic rings. The van der Waals surface area contributed by atoms with Crippen LogP contribution in [0.2, 0.25) is 10.0 Å². The summed E-state index contributed by atoms with van der Waals surface area (Å²) in [4.78, 5) is 0.925. The highest BCUT2D eigenvalue weighted by Gasteiger charge is 2.14. The molecular weight excluding hydrogens is 249 g/mol. The molecule has 0 bridgehead atoms. The third-order valence-corrected chi connectivity index (χ3v) is 4.68. The summed E-state index contributed by atoms with van der Waals surface area (Å²) in [6, 6.07) is 3.48. The third-order valence-electron chi connectivity index (χ3n) is 2.26. The van der Waals surface area contributed by atoms with Gasteiger partial charge in [0.05, 0.1) is 10.0 Å². The molecule has 4 heteroatoms. The van der Waals surface area contributed by atoms with Gasteiger partial charge in [-0.25, -0.2) is 0 Å². The molecule has 2 N–H and O–H groups in total. The first-order valence-corrected chi connectivity index (χ1v) is 6.46. The van der Waals surface area contributed by atoms with Gasteiger partial charge in [-0.15, -0.1) is 11.8 Å². The molecule has 15 heavy (non-hydrogen) atoms. The van der Waals surface area contributed by atoms with Crippen molar-refractivity contribution < 1.29 is 0 Å². The van der Waals surface area contributed by atoms with Crippen molar-refractivity contribution in [3.05, 3.63) is 22.2 Å². The quantitative estimate of drug-likeness (QED) is 0.631. The summed E-state index contributed by atoms with van der Waals surface area (Å²) in [5, 5.41) is 1.75. The minimum absolute atomic E-state index is 0.476. The fourth-order valence-electron chi connectivity index (χ4n) is 1.01. The molecule has 1 rings (SSSR count). The fourth-order valence-corrected chi connectivity index (χ4v) is 2.77. The lowest BCUT2D eigenvalue weighted by atomic mass is 10.2. The molecule has 0 fully saturated rings. The SMILES string of the molecule is CC(C)C(C)Sc1c(Cl)cc(N)cc1Cl. The second-order valence-electron chi connectivity index (χ2n) is 3.88. The molecule has 0 saturated carbocycles. The molecule has 0 saturated heterocycles. The lowest BCUT2D eigenvalue weighted by Crippen LogP contribution is -2.05. The van der Waals surface area contributed by atoms with Gasteiger partial charge in [-0.05, 0) is 18.1 Å². The molecule has 0 aliphatic heterocycles. The fraction of sp³-hybridized carbons (Fsp3) is 0.455. The Morgan fingerprint density at radius 2 is 1.60 bits per heavy atom. The van der Waals surface area contributed by atoms with Crippen molar-refractivity contribution in [3.63, 3.8) is 0 Å². The average Bonchev–Trinajstić information content (AvgIpc) is 2.10. The molecule has 84 valence electrons. The number of rotatable bonds is 3. The zero-order valence-electron chi connectivity index (χ0n) is 9.05. The summed E-state index contributed by atoms with van der Waals surface area (Å²) in [5.74, 6) is 0.583. The van der Waals surface area contributed by atoms with Gasteiger partial charge in [-0.3, -0.25) is 0 Å². The largest absolute Gasteiger partial charge is 0.399 e. The third kappa shape index (κ3) is 3.47. The summed E-state index contributed by atoms with van der Waals surface area (Å²) in [6.07, 6.45) is 0. The van der Waals surface area contributed by atoms with Crippen molar-refractivity contribution >= 4 is 40.7 Å². The molecule has 0 amide bonds. The van der Waals surface area contributed by atoms with Crippen molar-refractivity contribution in [3.8, 4) is 0 Å². The predicted molar refractivity (Wildman–Crippen MR) is 71.0 cm³/mol. The van der Waals surface area contributed by atoms with Gasteiger partial charge in [0.1, 0.15) is 0 Å². The second kappa shape index (κ2) is 5.33. The predicted octanol–water partition coefficient (Wildman–Crippen LogP) is 4.71. The number of thioether (sulfide) groups is 1. The first-order valence-electron chi connectivity index (χ1n) is 4.83. The van der Waals surface area contributed by atoms with E-state index in [0.29, 0.717) is 26.9 Å². The van der Waals surface area contributed by atoms with E-state index >= 15 is 0 Å². The minimum Gasteiger partial charge on any atom is -0.399 e. The zero-order chi connectivity index (χ0) is 11.6. The van der Waals surface area contributed by atoms with Crippen LogP contribution in [0.1, 0.15) is 20.8 Å². The number of benzene rings is 1. The Kier molecular flexibility index (Phi) is 4.63. The van der Waals surface area contributed by atoms with Crippen LogP contribution in [0.5, 0.6) is 0 Å². The summed E-state index contributed by atoms with van der Waals surface area (Å²) in [7, 11) is 0. The van der Waals surface area contributed by atoms with Crippen LogP contribution in [-0.2, 0) is 0 Å². The van der Waals surface area contributed by atoms with E-state index in [-0.39, 0.29) is 0 Å². The molecule has 0 aliphatic carbocycles. The van der Waals surface area contributed by atoms with Crippen LogP contribution in [0.25, 0.3) is 0 Å². The topological polar surface area (TPSA) is 26.0 Å². The molecule has 0 spiro atoms. The normalized spacial score (nSPS) is 13.2. The van der Waals surface area contributed by atoms with Crippen LogP contribution in [0.3, 0.4) is 0 Å². The van der Waals surface area contributed by atoms with Crippen molar-refractivity contribution in [1.29, 1.82) is 0 Å². The van der Waals surface area contributed by atoms with Crippen molar-refractivity contribution in [2.75, 3.05) is 5.73 Å². The van der Waals surface area contributed by atoms with E-state index in [0.717, 1.165) is 4.90 Å². The summed E-state index contributed by atoms with van der Waals surface area (Å²) < 4.78 is 0. The maximum absolute atomic E-state index is 6.10. The number of nitrogens with two attached hydrogens (primary N) is 1. The van der Waals surface area contributed by atoms with Gasteiger partial charge in [0.2, 0.25) is 0 Å². The van der Waals surface area contributed by atoms with Crippen LogP contribution < -0.4 is 5.73 Å². The summed E-state index contributed by atoms with van der Waals surface area (Å²) >= 11 is 13.9. The Labute approximate surface area is 105 Å². The maximum atomic E-state index is 6.10. The number of anilines is 1. The molecule has 0 aromatic heterocycles. The lowest BCUT2D eigenvalue weighted by Gasteiger charge is -2.17. The second-order valence-corrected chi connectivity index (χ2v) is 6.08. The molecule has 1 unspecified atom stereocenters. The van der Waals surface area contributed by atoms with E-state index in [1.165, 1.54) is 0 Å². The van der Waals surface area contributed by atoms with Crippen LogP contribution in [0.4, 0.5) is 5.69 Å². The highest BCUT2D eigenvalue weighted by molar-refractivity contribution is 8.00. The smallest absolute Gasteiger partial charge is 0.0577 e. The van der Waals surface area contributed by atoms with Crippen molar-refractivity contribution in [2.45, 2.75) is 30.9 Å². The van der Waals surface area contributed by atoms with Gasteiger partial charge < -0.3 is 5.73 Å². The molecule has 0 heterocycles.